The summed E-state index contributed by atoms with van der Waals surface area (Å²) in [4.78, 5) is 6.72. The van der Waals surface area contributed by atoms with Crippen molar-refractivity contribution in [3.63, 3.8) is 0 Å². The van der Waals surface area contributed by atoms with Crippen molar-refractivity contribution in [3.8, 4) is 0 Å². The molecule has 0 amide bonds. The molecule has 1 atom stereocenters. The van der Waals surface area contributed by atoms with Crippen LogP contribution in [0.25, 0.3) is 0 Å². The van der Waals surface area contributed by atoms with Gasteiger partial charge >= 0.3 is 0 Å². The lowest BCUT2D eigenvalue weighted by Crippen LogP contribution is -2.31. The van der Waals surface area contributed by atoms with Crippen LogP contribution in [-0.2, 0) is 0 Å². The number of thiazole rings is 1. The SMILES string of the molecule is CCCN(c1nc(C(C)O)cs1)C(C)C. The van der Waals surface area contributed by atoms with E-state index in [2.05, 4.69) is 30.7 Å². The van der Waals surface area contributed by atoms with Gasteiger partial charge in [-0.3, -0.25) is 0 Å². The first-order chi connectivity index (χ1) is 7.06. The van der Waals surface area contributed by atoms with Crippen LogP contribution in [0, 0.1) is 0 Å². The fraction of sp³-hybridized carbons (Fsp3) is 0.727. The summed E-state index contributed by atoms with van der Waals surface area (Å²) in [5, 5.41) is 12.4. The first-order valence-electron chi connectivity index (χ1n) is 5.46. The number of rotatable bonds is 5. The van der Waals surface area contributed by atoms with Crippen LogP contribution < -0.4 is 4.90 Å². The van der Waals surface area contributed by atoms with Crippen LogP contribution in [0.3, 0.4) is 0 Å². The minimum Gasteiger partial charge on any atom is -0.387 e. The Morgan fingerprint density at radius 1 is 1.47 bits per heavy atom. The van der Waals surface area contributed by atoms with E-state index in [4.69, 9.17) is 0 Å². The smallest absolute Gasteiger partial charge is 0.185 e. The van der Waals surface area contributed by atoms with Gasteiger partial charge < -0.3 is 10.0 Å². The topological polar surface area (TPSA) is 36.4 Å². The molecule has 0 radical (unpaired) electrons. The lowest BCUT2D eigenvalue weighted by atomic mass is 10.3. The van der Waals surface area contributed by atoms with Crippen molar-refractivity contribution in [1.29, 1.82) is 0 Å². The summed E-state index contributed by atoms with van der Waals surface area (Å²) in [5.74, 6) is 0. The van der Waals surface area contributed by atoms with E-state index in [0.29, 0.717) is 6.04 Å². The molecule has 0 aliphatic rings. The van der Waals surface area contributed by atoms with E-state index in [1.807, 2.05) is 5.38 Å². The van der Waals surface area contributed by atoms with Crippen molar-refractivity contribution in [1.82, 2.24) is 4.98 Å². The highest BCUT2D eigenvalue weighted by atomic mass is 32.1. The van der Waals surface area contributed by atoms with Gasteiger partial charge in [0.1, 0.15) is 0 Å². The fourth-order valence-corrected chi connectivity index (χ4v) is 2.49. The van der Waals surface area contributed by atoms with E-state index in [0.717, 1.165) is 23.8 Å². The molecule has 0 spiro atoms. The Hall–Kier alpha value is -0.610. The van der Waals surface area contributed by atoms with E-state index < -0.39 is 6.10 Å². The molecule has 4 heteroatoms. The molecule has 0 aliphatic heterocycles. The number of hydrogen-bond donors (Lipinski definition) is 1. The molecule has 1 unspecified atom stereocenters. The number of nitrogens with zero attached hydrogens (tertiary/aromatic N) is 2. The third kappa shape index (κ3) is 3.18. The Morgan fingerprint density at radius 2 is 2.13 bits per heavy atom. The zero-order valence-electron chi connectivity index (χ0n) is 9.90. The third-order valence-electron chi connectivity index (χ3n) is 2.27. The van der Waals surface area contributed by atoms with Crippen molar-refractivity contribution in [2.75, 3.05) is 11.4 Å². The van der Waals surface area contributed by atoms with E-state index in [-0.39, 0.29) is 0 Å². The van der Waals surface area contributed by atoms with Crippen LogP contribution in [0.2, 0.25) is 0 Å². The average molecular weight is 228 g/mol. The van der Waals surface area contributed by atoms with Crippen molar-refractivity contribution < 1.29 is 5.11 Å². The summed E-state index contributed by atoms with van der Waals surface area (Å²) >= 11 is 1.61. The summed E-state index contributed by atoms with van der Waals surface area (Å²) in [7, 11) is 0. The van der Waals surface area contributed by atoms with E-state index in [1.165, 1.54) is 0 Å². The molecule has 0 aromatic carbocycles. The first kappa shape index (κ1) is 12.5. The molecule has 1 rings (SSSR count). The van der Waals surface area contributed by atoms with Gasteiger partial charge in [0.15, 0.2) is 5.13 Å². The fourth-order valence-electron chi connectivity index (χ4n) is 1.42. The first-order valence-corrected chi connectivity index (χ1v) is 6.34. The molecular formula is C11H20N2OS. The third-order valence-corrected chi connectivity index (χ3v) is 3.17. The van der Waals surface area contributed by atoms with Crippen LogP contribution in [-0.4, -0.2) is 22.7 Å². The minimum absolute atomic E-state index is 0.456. The van der Waals surface area contributed by atoms with Gasteiger partial charge in [-0.1, -0.05) is 6.92 Å². The highest BCUT2D eigenvalue weighted by Crippen LogP contribution is 2.25. The second-order valence-corrected chi connectivity index (χ2v) is 4.85. The van der Waals surface area contributed by atoms with E-state index in [9.17, 15) is 5.11 Å². The summed E-state index contributed by atoms with van der Waals surface area (Å²) in [6, 6.07) is 0.456. The molecule has 3 nitrogen and oxygen atoms in total. The molecule has 1 N–H and O–H groups in total. The second-order valence-electron chi connectivity index (χ2n) is 4.02. The summed E-state index contributed by atoms with van der Waals surface area (Å²) < 4.78 is 0. The Kier molecular flexibility index (Phi) is 4.54. The highest BCUT2D eigenvalue weighted by molar-refractivity contribution is 7.13. The monoisotopic (exact) mass is 228 g/mol. The Bertz CT molecular complexity index is 297. The molecular weight excluding hydrogens is 208 g/mol. The molecule has 0 saturated heterocycles. The maximum atomic E-state index is 9.41. The van der Waals surface area contributed by atoms with Gasteiger partial charge in [-0.2, -0.15) is 0 Å². The standard InChI is InChI=1S/C11H20N2OS/c1-5-6-13(8(2)3)11-12-10(7-15-11)9(4)14/h7-9,14H,5-6H2,1-4H3. The van der Waals surface area contributed by atoms with Crippen LogP contribution >= 0.6 is 11.3 Å². The van der Waals surface area contributed by atoms with Crippen molar-refractivity contribution >= 4 is 16.5 Å². The molecule has 1 heterocycles. The van der Waals surface area contributed by atoms with E-state index >= 15 is 0 Å². The van der Waals surface area contributed by atoms with Crippen LogP contribution in [0.1, 0.15) is 45.9 Å². The summed E-state index contributed by atoms with van der Waals surface area (Å²) in [5.41, 5.74) is 0.775. The zero-order valence-corrected chi connectivity index (χ0v) is 10.7. The van der Waals surface area contributed by atoms with Gasteiger partial charge in [-0.05, 0) is 27.2 Å². The summed E-state index contributed by atoms with van der Waals surface area (Å²) in [6.45, 7) is 9.26. The molecule has 1 aromatic rings. The molecule has 0 aliphatic carbocycles. The van der Waals surface area contributed by atoms with Gasteiger partial charge in [0.25, 0.3) is 0 Å². The predicted molar refractivity (Wildman–Crippen MR) is 65.5 cm³/mol. The van der Waals surface area contributed by atoms with Gasteiger partial charge in [-0.15, -0.1) is 11.3 Å². The largest absolute Gasteiger partial charge is 0.387 e. The maximum Gasteiger partial charge on any atom is 0.185 e. The van der Waals surface area contributed by atoms with Crippen molar-refractivity contribution in [2.45, 2.75) is 46.3 Å². The Labute approximate surface area is 95.8 Å². The summed E-state index contributed by atoms with van der Waals surface area (Å²) in [6.07, 6.45) is 0.646. The van der Waals surface area contributed by atoms with Crippen LogP contribution in [0.4, 0.5) is 5.13 Å². The maximum absolute atomic E-state index is 9.41. The Morgan fingerprint density at radius 3 is 2.53 bits per heavy atom. The van der Waals surface area contributed by atoms with Gasteiger partial charge in [0.05, 0.1) is 11.8 Å². The normalized spacial score (nSPS) is 13.2. The molecule has 0 fully saturated rings. The van der Waals surface area contributed by atoms with Crippen LogP contribution in [0.15, 0.2) is 5.38 Å². The molecule has 1 aromatic heterocycles. The highest BCUT2D eigenvalue weighted by Gasteiger charge is 2.14. The number of anilines is 1. The number of aliphatic hydroxyl groups is 1. The lowest BCUT2D eigenvalue weighted by molar-refractivity contribution is 0.195. The number of hydrogen-bond acceptors (Lipinski definition) is 4. The molecule has 0 bridgehead atoms. The van der Waals surface area contributed by atoms with Crippen molar-refractivity contribution in [2.24, 2.45) is 0 Å². The Balaban J connectivity index is 2.81. The molecule has 0 saturated carbocycles. The quantitative estimate of drug-likeness (QED) is 0.842. The average Bonchev–Trinajstić information content (AvgIpc) is 2.62. The number of aromatic nitrogens is 1. The van der Waals surface area contributed by atoms with Gasteiger partial charge in [0, 0.05) is 18.0 Å². The number of aliphatic hydroxyl groups excluding tert-OH is 1. The molecule has 15 heavy (non-hydrogen) atoms. The minimum atomic E-state index is -0.467. The van der Waals surface area contributed by atoms with Crippen LogP contribution in [0.5, 0.6) is 0 Å². The predicted octanol–water partition coefficient (Wildman–Crippen LogP) is 2.82. The van der Waals surface area contributed by atoms with Gasteiger partial charge in [0.2, 0.25) is 0 Å². The van der Waals surface area contributed by atoms with Gasteiger partial charge in [-0.25, -0.2) is 4.98 Å². The van der Waals surface area contributed by atoms with E-state index in [1.54, 1.807) is 18.3 Å². The van der Waals surface area contributed by atoms with Crippen molar-refractivity contribution in [3.05, 3.63) is 11.1 Å². The molecule has 86 valence electrons. The second kappa shape index (κ2) is 5.47. The lowest BCUT2D eigenvalue weighted by Gasteiger charge is -2.25. The zero-order chi connectivity index (χ0) is 11.4.